The molecule has 1 amide bonds. The molecule has 0 bridgehead atoms. The Kier molecular flexibility index (Phi) is 5.47. The van der Waals surface area contributed by atoms with Crippen molar-refractivity contribution in [3.05, 3.63) is 65.0 Å². The monoisotopic (exact) mass is 364 g/mol. The predicted octanol–water partition coefficient (Wildman–Crippen LogP) is 3.02. The van der Waals surface area contributed by atoms with Crippen LogP contribution in [0.15, 0.2) is 42.5 Å². The first-order valence-corrected chi connectivity index (χ1v) is 9.55. The molecule has 1 atom stereocenters. The maximum atomic E-state index is 13.0. The van der Waals surface area contributed by atoms with Crippen molar-refractivity contribution in [2.45, 2.75) is 19.9 Å². The lowest BCUT2D eigenvalue weighted by Gasteiger charge is -2.20. The maximum absolute atomic E-state index is 13.0. The summed E-state index contributed by atoms with van der Waals surface area (Å²) >= 11 is 0. The molecule has 1 N–H and O–H groups in total. The third kappa shape index (κ3) is 4.57. The Morgan fingerprint density at radius 3 is 2.28 bits per heavy atom. The molecule has 0 heterocycles. The number of hydrogen-bond acceptors (Lipinski definition) is 3. The fourth-order valence-electron chi connectivity index (χ4n) is 2.44. The molecule has 2 aromatic rings. The first kappa shape index (κ1) is 18.9. The number of hydrogen-bond donors (Lipinski definition) is 1. The zero-order valence-corrected chi connectivity index (χ0v) is 15.4. The number of aryl methyl sites for hydroxylation is 1. The minimum atomic E-state index is -3.37. The molecule has 0 aromatic heterocycles. The lowest BCUT2D eigenvalue weighted by atomic mass is 10.1. The van der Waals surface area contributed by atoms with E-state index in [0.29, 0.717) is 16.8 Å². The van der Waals surface area contributed by atoms with Crippen LogP contribution in [-0.4, -0.2) is 27.6 Å². The summed E-state index contributed by atoms with van der Waals surface area (Å²) in [5, 5.41) is 2.84. The van der Waals surface area contributed by atoms with Gasteiger partial charge in [-0.05, 0) is 55.3 Å². The Labute approximate surface area is 147 Å². The highest BCUT2D eigenvalue weighted by atomic mass is 32.2. The van der Waals surface area contributed by atoms with Crippen LogP contribution in [0.4, 0.5) is 10.1 Å². The van der Waals surface area contributed by atoms with Gasteiger partial charge in [-0.3, -0.25) is 9.10 Å². The van der Waals surface area contributed by atoms with Crippen LogP contribution in [0.25, 0.3) is 0 Å². The van der Waals surface area contributed by atoms with Gasteiger partial charge < -0.3 is 5.32 Å². The number of benzene rings is 2. The number of nitrogens with one attached hydrogen (secondary N) is 1. The largest absolute Gasteiger partial charge is 0.346 e. The van der Waals surface area contributed by atoms with E-state index in [0.717, 1.165) is 11.8 Å². The molecule has 0 saturated heterocycles. The van der Waals surface area contributed by atoms with Crippen molar-refractivity contribution in [2.75, 3.05) is 17.6 Å². The molecule has 7 heteroatoms. The van der Waals surface area contributed by atoms with E-state index in [1.807, 2.05) is 6.92 Å². The van der Waals surface area contributed by atoms with Crippen LogP contribution in [0, 0.1) is 12.7 Å². The summed E-state index contributed by atoms with van der Waals surface area (Å²) in [5.74, 6) is -0.614. The second-order valence-electron chi connectivity index (χ2n) is 5.98. The van der Waals surface area contributed by atoms with Crippen molar-refractivity contribution >= 4 is 21.6 Å². The van der Waals surface area contributed by atoms with E-state index in [4.69, 9.17) is 0 Å². The topological polar surface area (TPSA) is 66.5 Å². The molecule has 2 rings (SSSR count). The van der Waals surface area contributed by atoms with Crippen molar-refractivity contribution in [3.8, 4) is 0 Å². The van der Waals surface area contributed by atoms with Gasteiger partial charge in [-0.15, -0.1) is 0 Å². The van der Waals surface area contributed by atoms with Crippen LogP contribution in [0.5, 0.6) is 0 Å². The van der Waals surface area contributed by atoms with Crippen LogP contribution in [0.2, 0.25) is 0 Å². The Morgan fingerprint density at radius 1 is 1.16 bits per heavy atom. The Morgan fingerprint density at radius 2 is 1.76 bits per heavy atom. The summed E-state index contributed by atoms with van der Waals surface area (Å²) in [6, 6.07) is 10.5. The highest BCUT2D eigenvalue weighted by Crippen LogP contribution is 2.22. The van der Waals surface area contributed by atoms with Crippen LogP contribution in [0.1, 0.15) is 34.5 Å². The van der Waals surface area contributed by atoms with Gasteiger partial charge in [-0.25, -0.2) is 12.8 Å². The molecule has 5 nitrogen and oxygen atoms in total. The molecular weight excluding hydrogens is 343 g/mol. The third-order valence-corrected chi connectivity index (χ3v) is 5.20. The van der Waals surface area contributed by atoms with Crippen LogP contribution in [-0.2, 0) is 10.0 Å². The molecule has 0 spiro atoms. The number of amides is 1. The second kappa shape index (κ2) is 7.23. The van der Waals surface area contributed by atoms with Crippen LogP contribution < -0.4 is 9.62 Å². The molecular formula is C18H21FN2O3S. The number of nitrogens with zero attached hydrogens (tertiary/aromatic N) is 1. The number of halogens is 1. The number of carbonyl (C=O) groups excluding carboxylic acids is 1. The van der Waals surface area contributed by atoms with E-state index in [-0.39, 0.29) is 17.8 Å². The van der Waals surface area contributed by atoms with Crippen LogP contribution >= 0.6 is 0 Å². The Hall–Kier alpha value is -2.41. The first-order chi connectivity index (χ1) is 11.6. The van der Waals surface area contributed by atoms with E-state index in [2.05, 4.69) is 5.32 Å². The summed E-state index contributed by atoms with van der Waals surface area (Å²) in [4.78, 5) is 12.4. The zero-order chi connectivity index (χ0) is 18.8. The summed E-state index contributed by atoms with van der Waals surface area (Å²) in [5.41, 5.74) is 2.41. The van der Waals surface area contributed by atoms with E-state index >= 15 is 0 Å². The van der Waals surface area contributed by atoms with E-state index in [1.165, 1.54) is 23.5 Å². The molecule has 0 fully saturated rings. The molecule has 0 aliphatic heterocycles. The fraction of sp³-hybridized carbons (Fsp3) is 0.278. The van der Waals surface area contributed by atoms with Gasteiger partial charge >= 0.3 is 0 Å². The summed E-state index contributed by atoms with van der Waals surface area (Å²) in [7, 11) is -1.90. The highest BCUT2D eigenvalue weighted by molar-refractivity contribution is 7.92. The van der Waals surface area contributed by atoms with Crippen LogP contribution in [0.3, 0.4) is 0 Å². The molecule has 1 unspecified atom stereocenters. The lowest BCUT2D eigenvalue weighted by Crippen LogP contribution is -2.28. The van der Waals surface area contributed by atoms with Gasteiger partial charge in [0.1, 0.15) is 5.82 Å². The van der Waals surface area contributed by atoms with Crippen molar-refractivity contribution < 1.29 is 17.6 Å². The Bertz CT molecular complexity index is 880. The average molecular weight is 364 g/mol. The standard InChI is InChI=1S/C18H21FN2O3S/c1-12-11-15(7-10-17(12)21(3)25(4,23)24)18(22)20-13(2)14-5-8-16(19)9-6-14/h5-11,13H,1-4H3,(H,20,22). The molecule has 0 aliphatic rings. The summed E-state index contributed by atoms with van der Waals surface area (Å²) in [6.07, 6.45) is 1.12. The second-order valence-corrected chi connectivity index (χ2v) is 7.99. The molecule has 134 valence electrons. The highest BCUT2D eigenvalue weighted by Gasteiger charge is 2.17. The van der Waals surface area contributed by atoms with Crippen molar-refractivity contribution in [1.29, 1.82) is 0 Å². The SMILES string of the molecule is Cc1cc(C(=O)NC(C)c2ccc(F)cc2)ccc1N(C)S(C)(=O)=O. The van der Waals surface area contributed by atoms with Gasteiger partial charge in [-0.1, -0.05) is 12.1 Å². The third-order valence-electron chi connectivity index (χ3n) is 4.01. The zero-order valence-electron chi connectivity index (χ0n) is 14.6. The minimum absolute atomic E-state index is 0.284. The molecule has 2 aromatic carbocycles. The fourth-order valence-corrected chi connectivity index (χ4v) is 3.01. The minimum Gasteiger partial charge on any atom is -0.346 e. The predicted molar refractivity (Wildman–Crippen MR) is 96.7 cm³/mol. The first-order valence-electron chi connectivity index (χ1n) is 7.70. The van der Waals surface area contributed by atoms with Crippen molar-refractivity contribution in [2.24, 2.45) is 0 Å². The van der Waals surface area contributed by atoms with Gasteiger partial charge in [0.2, 0.25) is 10.0 Å². The van der Waals surface area contributed by atoms with E-state index < -0.39 is 10.0 Å². The maximum Gasteiger partial charge on any atom is 0.251 e. The molecule has 0 saturated carbocycles. The van der Waals surface area contributed by atoms with Gasteiger partial charge in [0, 0.05) is 12.6 Å². The number of sulfonamides is 1. The van der Waals surface area contributed by atoms with E-state index in [1.54, 1.807) is 37.3 Å². The summed E-state index contributed by atoms with van der Waals surface area (Å²) in [6.45, 7) is 3.56. The van der Waals surface area contributed by atoms with Gasteiger partial charge in [0.15, 0.2) is 0 Å². The molecule has 0 radical (unpaired) electrons. The normalized spacial score (nSPS) is 12.5. The molecule has 25 heavy (non-hydrogen) atoms. The number of anilines is 1. The Balaban J connectivity index is 2.17. The smallest absolute Gasteiger partial charge is 0.251 e. The quantitative estimate of drug-likeness (QED) is 0.887. The average Bonchev–Trinajstić information content (AvgIpc) is 2.53. The number of rotatable bonds is 5. The molecule has 0 aliphatic carbocycles. The van der Waals surface area contributed by atoms with Gasteiger partial charge in [-0.2, -0.15) is 0 Å². The number of carbonyl (C=O) groups is 1. The van der Waals surface area contributed by atoms with E-state index in [9.17, 15) is 17.6 Å². The van der Waals surface area contributed by atoms with Crippen molar-refractivity contribution in [3.63, 3.8) is 0 Å². The summed E-state index contributed by atoms with van der Waals surface area (Å²) < 4.78 is 37.4. The van der Waals surface area contributed by atoms with Gasteiger partial charge in [0.05, 0.1) is 18.0 Å². The van der Waals surface area contributed by atoms with Crippen molar-refractivity contribution in [1.82, 2.24) is 5.32 Å². The van der Waals surface area contributed by atoms with Gasteiger partial charge in [0.25, 0.3) is 5.91 Å². The lowest BCUT2D eigenvalue weighted by molar-refractivity contribution is 0.0940.